The molecule has 1 aliphatic carbocycles. The van der Waals surface area contributed by atoms with E-state index < -0.39 is 12.7 Å². The minimum Gasteiger partial charge on any atom is -0.381 e. The van der Waals surface area contributed by atoms with E-state index >= 15 is 0 Å². The van der Waals surface area contributed by atoms with Crippen molar-refractivity contribution in [2.45, 2.75) is 70.0 Å². The van der Waals surface area contributed by atoms with Crippen LogP contribution in [0.1, 0.15) is 57.8 Å². The van der Waals surface area contributed by atoms with Gasteiger partial charge < -0.3 is 9.64 Å². The second kappa shape index (κ2) is 8.18. The first-order valence-corrected chi connectivity index (χ1v) is 8.39. The lowest BCUT2D eigenvalue weighted by molar-refractivity contribution is -0.169. The van der Waals surface area contributed by atoms with Crippen LogP contribution in [0.2, 0.25) is 0 Å². The van der Waals surface area contributed by atoms with Gasteiger partial charge >= 0.3 is 6.18 Å². The number of nitrogens with zero attached hydrogens (tertiary/aromatic N) is 1. The fourth-order valence-corrected chi connectivity index (χ4v) is 3.56. The van der Waals surface area contributed by atoms with Crippen molar-refractivity contribution >= 4 is 5.91 Å². The third-order valence-corrected chi connectivity index (χ3v) is 4.79. The molecule has 128 valence electrons. The summed E-state index contributed by atoms with van der Waals surface area (Å²) in [7, 11) is 0. The first-order chi connectivity index (χ1) is 10.5. The highest BCUT2D eigenvalue weighted by Gasteiger charge is 2.37. The van der Waals surface area contributed by atoms with E-state index in [9.17, 15) is 18.0 Å². The van der Waals surface area contributed by atoms with Gasteiger partial charge in [0, 0.05) is 25.7 Å². The number of hydrogen-bond acceptors (Lipinski definition) is 2. The van der Waals surface area contributed by atoms with Crippen molar-refractivity contribution < 1.29 is 22.7 Å². The quantitative estimate of drug-likeness (QED) is 0.768. The Labute approximate surface area is 130 Å². The Hall–Kier alpha value is -0.780. The minimum absolute atomic E-state index is 0.248. The van der Waals surface area contributed by atoms with Crippen LogP contribution in [0.4, 0.5) is 13.2 Å². The molecule has 1 saturated heterocycles. The van der Waals surface area contributed by atoms with Gasteiger partial charge in [0.1, 0.15) is 6.54 Å². The average Bonchev–Trinajstić information content (AvgIpc) is 2.51. The first-order valence-electron chi connectivity index (χ1n) is 8.39. The van der Waals surface area contributed by atoms with Crippen molar-refractivity contribution in [3.05, 3.63) is 0 Å². The Bertz CT molecular complexity index is 348. The van der Waals surface area contributed by atoms with Gasteiger partial charge in [0.05, 0.1) is 0 Å². The van der Waals surface area contributed by atoms with Gasteiger partial charge in [0.25, 0.3) is 0 Å². The molecule has 1 amide bonds. The molecule has 1 aliphatic heterocycles. The number of ether oxygens (including phenoxy) is 1. The topological polar surface area (TPSA) is 29.5 Å². The number of alkyl halides is 3. The summed E-state index contributed by atoms with van der Waals surface area (Å²) in [6, 6.07) is -0.325. The number of carbonyl (C=O) groups excluding carboxylic acids is 1. The van der Waals surface area contributed by atoms with Gasteiger partial charge in [-0.15, -0.1) is 0 Å². The lowest BCUT2D eigenvalue weighted by Gasteiger charge is -2.35. The maximum atomic E-state index is 12.8. The predicted molar refractivity (Wildman–Crippen MR) is 77.4 cm³/mol. The summed E-state index contributed by atoms with van der Waals surface area (Å²) in [5.41, 5.74) is 0. The van der Waals surface area contributed by atoms with Gasteiger partial charge in [0.15, 0.2) is 0 Å². The summed E-state index contributed by atoms with van der Waals surface area (Å²) in [5, 5.41) is 0. The van der Waals surface area contributed by atoms with Gasteiger partial charge in [-0.1, -0.05) is 32.1 Å². The second-order valence-electron chi connectivity index (χ2n) is 6.52. The molecule has 2 rings (SSSR count). The Morgan fingerprint density at radius 3 is 2.27 bits per heavy atom. The van der Waals surface area contributed by atoms with E-state index in [4.69, 9.17) is 4.74 Å². The highest BCUT2D eigenvalue weighted by Crippen LogP contribution is 2.29. The van der Waals surface area contributed by atoms with Crippen LogP contribution in [0.3, 0.4) is 0 Å². The number of halogens is 3. The van der Waals surface area contributed by atoms with E-state index in [-0.39, 0.29) is 18.4 Å². The molecule has 2 aliphatic rings. The van der Waals surface area contributed by atoms with Crippen LogP contribution in [-0.2, 0) is 9.53 Å². The Balaban J connectivity index is 1.89. The molecule has 0 atom stereocenters. The molecule has 0 aromatic rings. The highest BCUT2D eigenvalue weighted by molar-refractivity contribution is 5.76. The number of amides is 1. The smallest absolute Gasteiger partial charge is 0.381 e. The van der Waals surface area contributed by atoms with Gasteiger partial charge in [0.2, 0.25) is 5.91 Å². The van der Waals surface area contributed by atoms with Crippen LogP contribution >= 0.6 is 0 Å². The van der Waals surface area contributed by atoms with Gasteiger partial charge in [-0.3, -0.25) is 4.79 Å². The second-order valence-corrected chi connectivity index (χ2v) is 6.52. The molecule has 0 aromatic carbocycles. The lowest BCUT2D eigenvalue weighted by atomic mass is 9.86. The van der Waals surface area contributed by atoms with Crippen molar-refractivity contribution in [3.8, 4) is 0 Å². The summed E-state index contributed by atoms with van der Waals surface area (Å²) in [5.74, 6) is 0.176. The molecule has 2 fully saturated rings. The third-order valence-electron chi connectivity index (χ3n) is 4.79. The highest BCUT2D eigenvalue weighted by atomic mass is 19.4. The maximum absolute atomic E-state index is 12.8. The molecule has 3 nitrogen and oxygen atoms in total. The Kier molecular flexibility index (Phi) is 6.53. The minimum atomic E-state index is -4.33. The zero-order valence-corrected chi connectivity index (χ0v) is 13.0. The van der Waals surface area contributed by atoms with E-state index in [0.29, 0.717) is 32.0 Å². The van der Waals surface area contributed by atoms with E-state index in [1.54, 1.807) is 0 Å². The van der Waals surface area contributed by atoms with E-state index in [0.717, 1.165) is 24.2 Å². The van der Waals surface area contributed by atoms with Crippen LogP contribution in [0.25, 0.3) is 0 Å². The van der Waals surface area contributed by atoms with E-state index in [2.05, 4.69) is 0 Å². The normalized spacial score (nSPS) is 21.8. The molecule has 0 aromatic heterocycles. The molecule has 0 spiro atoms. The lowest BCUT2D eigenvalue weighted by Crippen LogP contribution is -2.47. The molecule has 0 unspecified atom stereocenters. The molecule has 6 heteroatoms. The zero-order valence-electron chi connectivity index (χ0n) is 13.0. The van der Waals surface area contributed by atoms with Crippen LogP contribution < -0.4 is 0 Å². The molecular weight excluding hydrogens is 295 g/mol. The number of hydrogen-bond donors (Lipinski definition) is 0. The van der Waals surface area contributed by atoms with E-state index in [1.807, 2.05) is 0 Å². The fraction of sp³-hybridized carbons (Fsp3) is 0.938. The third kappa shape index (κ3) is 5.78. The van der Waals surface area contributed by atoms with Crippen LogP contribution in [-0.4, -0.2) is 42.8 Å². The van der Waals surface area contributed by atoms with Crippen molar-refractivity contribution in [1.29, 1.82) is 0 Å². The molecule has 22 heavy (non-hydrogen) atoms. The predicted octanol–water partition coefficient (Wildman–Crippen LogP) is 3.92. The van der Waals surface area contributed by atoms with Crippen LogP contribution in [0.5, 0.6) is 0 Å². The van der Waals surface area contributed by atoms with Crippen molar-refractivity contribution in [3.63, 3.8) is 0 Å². The maximum Gasteiger partial charge on any atom is 0.406 e. The summed E-state index contributed by atoms with van der Waals surface area (Å²) in [4.78, 5) is 13.4. The Morgan fingerprint density at radius 1 is 1.05 bits per heavy atom. The molecule has 0 N–H and O–H groups in total. The number of rotatable bonds is 5. The SMILES string of the molecule is O=C(CCC1CCCCC1)N(CC(F)(F)F)C1CCOCC1. The first kappa shape index (κ1) is 17.6. The summed E-state index contributed by atoms with van der Waals surface area (Å²) in [6.45, 7) is -0.245. The monoisotopic (exact) mass is 321 g/mol. The van der Waals surface area contributed by atoms with Crippen molar-refractivity contribution in [2.24, 2.45) is 5.92 Å². The summed E-state index contributed by atoms with van der Waals surface area (Å²) >= 11 is 0. The van der Waals surface area contributed by atoms with Gasteiger partial charge in [-0.25, -0.2) is 0 Å². The zero-order chi connectivity index (χ0) is 16.0. The summed E-state index contributed by atoms with van der Waals surface area (Å²) < 4.78 is 43.6. The van der Waals surface area contributed by atoms with Crippen molar-refractivity contribution in [2.75, 3.05) is 19.8 Å². The summed E-state index contributed by atoms with van der Waals surface area (Å²) in [6.07, 6.45) is 3.50. The fourth-order valence-electron chi connectivity index (χ4n) is 3.56. The molecule has 1 saturated carbocycles. The van der Waals surface area contributed by atoms with Crippen LogP contribution in [0.15, 0.2) is 0 Å². The molecular formula is C16H26F3NO2. The molecule has 0 bridgehead atoms. The largest absolute Gasteiger partial charge is 0.406 e. The standard InChI is InChI=1S/C16H26F3NO2/c17-16(18,19)12-20(14-8-10-22-11-9-14)15(21)7-6-13-4-2-1-3-5-13/h13-14H,1-12H2. The Morgan fingerprint density at radius 2 is 1.68 bits per heavy atom. The van der Waals surface area contributed by atoms with Gasteiger partial charge in [-0.05, 0) is 25.2 Å². The molecule has 0 radical (unpaired) electrons. The van der Waals surface area contributed by atoms with Crippen LogP contribution in [0, 0.1) is 5.92 Å². The number of carbonyl (C=O) groups is 1. The van der Waals surface area contributed by atoms with Gasteiger partial charge in [-0.2, -0.15) is 13.2 Å². The molecule has 1 heterocycles. The van der Waals surface area contributed by atoms with Crippen molar-refractivity contribution in [1.82, 2.24) is 4.90 Å². The average molecular weight is 321 g/mol. The van der Waals surface area contributed by atoms with E-state index in [1.165, 1.54) is 19.3 Å².